The fraction of sp³-hybridized carbons (Fsp3) is 0.188. The number of carbonyl (C=O) groups excluding carboxylic acids is 1. The number of carbonyl (C=O) groups is 1. The molecule has 2 aromatic carbocycles. The van der Waals surface area contributed by atoms with Gasteiger partial charge < -0.3 is 19.5 Å². The van der Waals surface area contributed by atoms with E-state index in [1.165, 1.54) is 21.3 Å². The Morgan fingerprint density at radius 2 is 1.78 bits per heavy atom. The Kier molecular flexibility index (Phi) is 5.58. The van der Waals surface area contributed by atoms with E-state index in [0.717, 1.165) is 0 Å². The first-order chi connectivity index (χ1) is 11.0. The zero-order valence-electron chi connectivity index (χ0n) is 12.8. The van der Waals surface area contributed by atoms with E-state index < -0.39 is 5.97 Å². The SMILES string of the molecule is COC(=O)c1ccc(Nc2cc(Cl)cc(Cl)c2OC)cc1OC. The quantitative estimate of drug-likeness (QED) is 0.797. The van der Waals surface area contributed by atoms with Gasteiger partial charge in [0.05, 0.1) is 32.0 Å². The number of anilines is 2. The molecular weight excluding hydrogens is 341 g/mol. The van der Waals surface area contributed by atoms with Crippen LogP contribution in [0, 0.1) is 0 Å². The molecule has 0 radical (unpaired) electrons. The zero-order chi connectivity index (χ0) is 17.0. The monoisotopic (exact) mass is 355 g/mol. The molecule has 0 bridgehead atoms. The van der Waals surface area contributed by atoms with E-state index in [0.29, 0.717) is 38.5 Å². The number of ether oxygens (including phenoxy) is 3. The topological polar surface area (TPSA) is 56.8 Å². The molecule has 0 aliphatic rings. The van der Waals surface area contributed by atoms with Crippen LogP contribution in [0.5, 0.6) is 11.5 Å². The number of esters is 1. The molecule has 2 rings (SSSR count). The maximum absolute atomic E-state index is 11.7. The number of halogens is 2. The lowest BCUT2D eigenvalue weighted by molar-refractivity contribution is 0.0597. The van der Waals surface area contributed by atoms with Gasteiger partial charge in [-0.15, -0.1) is 0 Å². The van der Waals surface area contributed by atoms with Crippen LogP contribution in [0.3, 0.4) is 0 Å². The third-order valence-electron chi connectivity index (χ3n) is 3.10. The maximum Gasteiger partial charge on any atom is 0.341 e. The Hall–Kier alpha value is -2.11. The summed E-state index contributed by atoms with van der Waals surface area (Å²) in [6.07, 6.45) is 0. The molecule has 1 N–H and O–H groups in total. The van der Waals surface area contributed by atoms with Crippen molar-refractivity contribution in [3.63, 3.8) is 0 Å². The van der Waals surface area contributed by atoms with Crippen LogP contribution in [0.15, 0.2) is 30.3 Å². The number of hydrogen-bond acceptors (Lipinski definition) is 5. The van der Waals surface area contributed by atoms with Gasteiger partial charge in [-0.2, -0.15) is 0 Å². The summed E-state index contributed by atoms with van der Waals surface area (Å²) in [5, 5.41) is 4.00. The summed E-state index contributed by atoms with van der Waals surface area (Å²) in [6.45, 7) is 0. The second kappa shape index (κ2) is 7.44. The van der Waals surface area contributed by atoms with Crippen molar-refractivity contribution < 1.29 is 19.0 Å². The minimum Gasteiger partial charge on any atom is -0.496 e. The van der Waals surface area contributed by atoms with Gasteiger partial charge in [-0.25, -0.2) is 4.79 Å². The number of methoxy groups -OCH3 is 3. The summed E-state index contributed by atoms with van der Waals surface area (Å²) in [5.74, 6) is 0.373. The molecule has 0 saturated heterocycles. The lowest BCUT2D eigenvalue weighted by atomic mass is 10.1. The summed E-state index contributed by atoms with van der Waals surface area (Å²) >= 11 is 12.1. The van der Waals surface area contributed by atoms with Crippen LogP contribution in [0.1, 0.15) is 10.4 Å². The second-order valence-corrected chi connectivity index (χ2v) is 5.34. The van der Waals surface area contributed by atoms with E-state index in [1.807, 2.05) is 0 Å². The zero-order valence-corrected chi connectivity index (χ0v) is 14.3. The predicted molar refractivity (Wildman–Crippen MR) is 90.6 cm³/mol. The van der Waals surface area contributed by atoms with Crippen molar-refractivity contribution in [2.75, 3.05) is 26.6 Å². The van der Waals surface area contributed by atoms with Crippen molar-refractivity contribution in [1.82, 2.24) is 0 Å². The largest absolute Gasteiger partial charge is 0.496 e. The Labute approximate surface area is 144 Å². The van der Waals surface area contributed by atoms with Gasteiger partial charge >= 0.3 is 5.97 Å². The molecule has 2 aromatic rings. The van der Waals surface area contributed by atoms with Crippen molar-refractivity contribution in [2.24, 2.45) is 0 Å². The summed E-state index contributed by atoms with van der Waals surface area (Å²) in [4.78, 5) is 11.7. The van der Waals surface area contributed by atoms with E-state index in [-0.39, 0.29) is 0 Å². The van der Waals surface area contributed by atoms with E-state index in [1.54, 1.807) is 30.3 Å². The van der Waals surface area contributed by atoms with Gasteiger partial charge in [0.15, 0.2) is 5.75 Å². The summed E-state index contributed by atoms with van der Waals surface area (Å²) in [7, 11) is 4.30. The van der Waals surface area contributed by atoms with Crippen LogP contribution in [0.4, 0.5) is 11.4 Å². The van der Waals surface area contributed by atoms with Gasteiger partial charge in [0, 0.05) is 16.8 Å². The van der Waals surface area contributed by atoms with E-state index in [9.17, 15) is 4.79 Å². The summed E-state index contributed by atoms with van der Waals surface area (Å²) in [5.41, 5.74) is 1.60. The molecule has 0 unspecified atom stereocenters. The first kappa shape index (κ1) is 17.2. The highest BCUT2D eigenvalue weighted by atomic mass is 35.5. The van der Waals surface area contributed by atoms with E-state index >= 15 is 0 Å². The normalized spacial score (nSPS) is 10.1. The van der Waals surface area contributed by atoms with Crippen LogP contribution in [0.2, 0.25) is 10.0 Å². The standard InChI is InChI=1S/C16H15Cl2NO4/c1-21-14-8-10(4-5-11(14)16(20)23-3)19-13-7-9(17)6-12(18)15(13)22-2/h4-8,19H,1-3H3. The Morgan fingerprint density at radius 1 is 1.04 bits per heavy atom. The first-order valence-electron chi connectivity index (χ1n) is 6.56. The second-order valence-electron chi connectivity index (χ2n) is 4.50. The third-order valence-corrected chi connectivity index (χ3v) is 3.60. The Bertz CT molecular complexity index is 734. The minimum atomic E-state index is -0.475. The van der Waals surface area contributed by atoms with E-state index in [2.05, 4.69) is 5.32 Å². The van der Waals surface area contributed by atoms with Gasteiger partial charge in [-0.1, -0.05) is 23.2 Å². The average molecular weight is 356 g/mol. The third kappa shape index (κ3) is 3.81. The van der Waals surface area contributed by atoms with Gasteiger partial charge in [0.25, 0.3) is 0 Å². The molecule has 0 spiro atoms. The fourth-order valence-corrected chi connectivity index (χ4v) is 2.63. The fourth-order valence-electron chi connectivity index (χ4n) is 2.06. The number of benzene rings is 2. The summed E-state index contributed by atoms with van der Waals surface area (Å²) in [6, 6.07) is 8.26. The average Bonchev–Trinajstić information content (AvgIpc) is 2.53. The molecule has 0 aromatic heterocycles. The van der Waals surface area contributed by atoms with E-state index in [4.69, 9.17) is 37.4 Å². The van der Waals surface area contributed by atoms with Crippen molar-refractivity contribution in [3.8, 4) is 11.5 Å². The number of rotatable bonds is 5. The van der Waals surface area contributed by atoms with Crippen molar-refractivity contribution in [1.29, 1.82) is 0 Å². The molecule has 0 saturated carbocycles. The van der Waals surface area contributed by atoms with Crippen molar-refractivity contribution >= 4 is 40.5 Å². The molecule has 0 amide bonds. The smallest absolute Gasteiger partial charge is 0.341 e. The lowest BCUT2D eigenvalue weighted by Crippen LogP contribution is -2.04. The van der Waals surface area contributed by atoms with Crippen LogP contribution in [0.25, 0.3) is 0 Å². The highest BCUT2D eigenvalue weighted by molar-refractivity contribution is 6.36. The van der Waals surface area contributed by atoms with Gasteiger partial charge in [-0.05, 0) is 24.3 Å². The van der Waals surface area contributed by atoms with Crippen LogP contribution in [-0.2, 0) is 4.74 Å². The number of nitrogens with one attached hydrogen (secondary N) is 1. The molecule has 5 nitrogen and oxygen atoms in total. The first-order valence-corrected chi connectivity index (χ1v) is 7.32. The van der Waals surface area contributed by atoms with Gasteiger partial charge in [0.1, 0.15) is 11.3 Å². The summed E-state index contributed by atoms with van der Waals surface area (Å²) < 4.78 is 15.2. The highest BCUT2D eigenvalue weighted by Gasteiger charge is 2.15. The van der Waals surface area contributed by atoms with Crippen LogP contribution < -0.4 is 14.8 Å². The van der Waals surface area contributed by atoms with Gasteiger partial charge in [0.2, 0.25) is 0 Å². The van der Waals surface area contributed by atoms with Crippen LogP contribution >= 0.6 is 23.2 Å². The van der Waals surface area contributed by atoms with Gasteiger partial charge in [-0.3, -0.25) is 0 Å². The predicted octanol–water partition coefficient (Wildman–Crippen LogP) is 4.54. The van der Waals surface area contributed by atoms with Crippen molar-refractivity contribution in [3.05, 3.63) is 45.9 Å². The highest BCUT2D eigenvalue weighted by Crippen LogP contribution is 2.38. The lowest BCUT2D eigenvalue weighted by Gasteiger charge is -2.15. The molecular formula is C16H15Cl2NO4. The minimum absolute atomic E-state index is 0.330. The van der Waals surface area contributed by atoms with Crippen LogP contribution in [-0.4, -0.2) is 27.3 Å². The molecule has 0 aliphatic carbocycles. The molecule has 0 aliphatic heterocycles. The molecule has 0 atom stereocenters. The molecule has 7 heteroatoms. The molecule has 23 heavy (non-hydrogen) atoms. The maximum atomic E-state index is 11.7. The molecule has 0 heterocycles. The Morgan fingerprint density at radius 3 is 2.39 bits per heavy atom. The molecule has 0 fully saturated rings. The number of hydrogen-bond donors (Lipinski definition) is 1. The Balaban J connectivity index is 2.40. The molecule has 122 valence electrons. The van der Waals surface area contributed by atoms with Crippen molar-refractivity contribution in [2.45, 2.75) is 0 Å².